The van der Waals surface area contributed by atoms with Crippen molar-refractivity contribution in [3.05, 3.63) is 29.3 Å². The van der Waals surface area contributed by atoms with E-state index in [-0.39, 0.29) is 6.42 Å². The number of nitrogens with one attached hydrogen (secondary N) is 1. The molecule has 104 valence electrons. The lowest BCUT2D eigenvalue weighted by atomic mass is 9.74. The maximum Gasteiger partial charge on any atom is 0.398 e. The molecule has 1 aromatic rings. The largest absolute Gasteiger partial charge is 0.398 e. The summed E-state index contributed by atoms with van der Waals surface area (Å²) in [6.45, 7) is 4.04. The molecule has 1 aromatic carbocycles. The van der Waals surface area contributed by atoms with Crippen LogP contribution in [0.2, 0.25) is 0 Å². The Bertz CT molecular complexity index is 498. The molecule has 0 bridgehead atoms. The maximum atomic E-state index is 13.5. The third kappa shape index (κ3) is 1.83. The lowest BCUT2D eigenvalue weighted by Crippen LogP contribution is -2.48. The van der Waals surface area contributed by atoms with E-state index in [1.165, 1.54) is 6.92 Å². The molecule has 2 nitrogen and oxygen atoms in total. The summed E-state index contributed by atoms with van der Waals surface area (Å²) in [5, 5.41) is 3.27. The molecule has 0 spiro atoms. The SMILES string of the molecule is CC1(C(F)(F)F)CCN2CCNCc3cccc1c32. The Morgan fingerprint density at radius 1 is 1.26 bits per heavy atom. The molecule has 0 radical (unpaired) electrons. The monoisotopic (exact) mass is 270 g/mol. The first-order valence-corrected chi connectivity index (χ1v) is 6.58. The zero-order valence-electron chi connectivity index (χ0n) is 10.8. The van der Waals surface area contributed by atoms with E-state index in [4.69, 9.17) is 0 Å². The zero-order valence-corrected chi connectivity index (χ0v) is 10.8. The molecule has 1 unspecified atom stereocenters. The number of hydrogen-bond donors (Lipinski definition) is 1. The molecule has 0 aromatic heterocycles. The van der Waals surface area contributed by atoms with Gasteiger partial charge in [-0.25, -0.2) is 0 Å². The fourth-order valence-electron chi connectivity index (χ4n) is 3.11. The van der Waals surface area contributed by atoms with E-state index in [1.54, 1.807) is 12.1 Å². The minimum atomic E-state index is -4.20. The molecule has 0 saturated carbocycles. The van der Waals surface area contributed by atoms with Crippen LogP contribution in [0.4, 0.5) is 18.9 Å². The summed E-state index contributed by atoms with van der Waals surface area (Å²) >= 11 is 0. The molecule has 0 saturated heterocycles. The third-order valence-corrected chi connectivity index (χ3v) is 4.41. The number of hydrogen-bond acceptors (Lipinski definition) is 2. The maximum absolute atomic E-state index is 13.5. The van der Waals surface area contributed by atoms with E-state index in [0.29, 0.717) is 18.7 Å². The average molecular weight is 270 g/mol. The highest BCUT2D eigenvalue weighted by Crippen LogP contribution is 2.50. The summed E-state index contributed by atoms with van der Waals surface area (Å²) in [5.41, 5.74) is 0.496. The summed E-state index contributed by atoms with van der Waals surface area (Å²) in [6.07, 6.45) is -4.07. The standard InChI is InChI=1S/C14H17F3N2/c1-13(14(15,16)17)5-7-19-8-6-18-9-10-3-2-4-11(13)12(10)19/h2-4,18H,5-9H2,1H3. The number of nitrogens with zero attached hydrogens (tertiary/aromatic N) is 1. The van der Waals surface area contributed by atoms with E-state index in [0.717, 1.165) is 24.3 Å². The number of para-hydroxylation sites is 1. The molecule has 2 heterocycles. The number of alkyl halides is 3. The fraction of sp³-hybridized carbons (Fsp3) is 0.571. The predicted octanol–water partition coefficient (Wildman–Crippen LogP) is 2.82. The van der Waals surface area contributed by atoms with E-state index in [9.17, 15) is 13.2 Å². The van der Waals surface area contributed by atoms with Crippen LogP contribution in [-0.4, -0.2) is 25.8 Å². The van der Waals surface area contributed by atoms with Crippen molar-refractivity contribution < 1.29 is 13.2 Å². The van der Waals surface area contributed by atoms with Crippen LogP contribution in [0, 0.1) is 0 Å². The van der Waals surface area contributed by atoms with Crippen LogP contribution in [-0.2, 0) is 12.0 Å². The second-order valence-corrected chi connectivity index (χ2v) is 5.56. The smallest absolute Gasteiger partial charge is 0.370 e. The predicted molar refractivity (Wildman–Crippen MR) is 68.4 cm³/mol. The number of benzene rings is 1. The summed E-state index contributed by atoms with van der Waals surface area (Å²) in [4.78, 5) is 2.10. The molecule has 0 amide bonds. The lowest BCUT2D eigenvalue weighted by Gasteiger charge is -2.43. The molecule has 3 rings (SSSR count). The highest BCUT2D eigenvalue weighted by atomic mass is 19.4. The molecule has 19 heavy (non-hydrogen) atoms. The second-order valence-electron chi connectivity index (χ2n) is 5.56. The van der Waals surface area contributed by atoms with Crippen molar-refractivity contribution >= 4 is 5.69 Å². The first-order valence-electron chi connectivity index (χ1n) is 6.58. The number of rotatable bonds is 0. The summed E-state index contributed by atoms with van der Waals surface area (Å²) in [7, 11) is 0. The minimum Gasteiger partial charge on any atom is -0.370 e. The summed E-state index contributed by atoms with van der Waals surface area (Å²) in [5.74, 6) is 0. The topological polar surface area (TPSA) is 15.3 Å². The number of anilines is 1. The van der Waals surface area contributed by atoms with Gasteiger partial charge in [0.1, 0.15) is 0 Å². The molecule has 1 atom stereocenters. The van der Waals surface area contributed by atoms with Gasteiger partial charge in [0.15, 0.2) is 0 Å². The van der Waals surface area contributed by atoms with Crippen molar-refractivity contribution in [1.82, 2.24) is 5.32 Å². The van der Waals surface area contributed by atoms with Gasteiger partial charge in [-0.15, -0.1) is 0 Å². The van der Waals surface area contributed by atoms with Gasteiger partial charge < -0.3 is 10.2 Å². The first kappa shape index (κ1) is 12.8. The van der Waals surface area contributed by atoms with Gasteiger partial charge in [-0.05, 0) is 24.5 Å². The van der Waals surface area contributed by atoms with Crippen LogP contribution in [0.3, 0.4) is 0 Å². The van der Waals surface area contributed by atoms with Crippen LogP contribution < -0.4 is 10.2 Å². The quantitative estimate of drug-likeness (QED) is 0.780. The molecule has 2 aliphatic heterocycles. The zero-order chi connectivity index (χ0) is 13.7. The Labute approximate surface area is 110 Å². The van der Waals surface area contributed by atoms with E-state index in [2.05, 4.69) is 10.2 Å². The van der Waals surface area contributed by atoms with Gasteiger partial charge >= 0.3 is 6.18 Å². The summed E-state index contributed by atoms with van der Waals surface area (Å²) in [6, 6.07) is 5.31. The number of halogens is 3. The highest BCUT2D eigenvalue weighted by molar-refractivity contribution is 5.65. The average Bonchev–Trinajstić information content (AvgIpc) is 2.56. The third-order valence-electron chi connectivity index (χ3n) is 4.41. The molecule has 2 aliphatic rings. The van der Waals surface area contributed by atoms with Crippen LogP contribution in [0.5, 0.6) is 0 Å². The lowest BCUT2D eigenvalue weighted by molar-refractivity contribution is -0.187. The van der Waals surface area contributed by atoms with E-state index in [1.807, 2.05) is 6.07 Å². The van der Waals surface area contributed by atoms with Gasteiger partial charge in [0.05, 0.1) is 5.41 Å². The van der Waals surface area contributed by atoms with Crippen LogP contribution in [0.25, 0.3) is 0 Å². The van der Waals surface area contributed by atoms with Gasteiger partial charge in [-0.1, -0.05) is 18.2 Å². The van der Waals surface area contributed by atoms with Crippen molar-refractivity contribution in [3.63, 3.8) is 0 Å². The molecule has 0 aliphatic carbocycles. The van der Waals surface area contributed by atoms with Crippen molar-refractivity contribution in [2.24, 2.45) is 0 Å². The van der Waals surface area contributed by atoms with Crippen molar-refractivity contribution in [2.75, 3.05) is 24.5 Å². The molecular formula is C14H17F3N2. The Morgan fingerprint density at radius 3 is 2.79 bits per heavy atom. The molecule has 1 N–H and O–H groups in total. The van der Waals surface area contributed by atoms with E-state index >= 15 is 0 Å². The molecule has 0 fully saturated rings. The Balaban J connectivity index is 2.19. The van der Waals surface area contributed by atoms with Gasteiger partial charge in [-0.3, -0.25) is 0 Å². The fourth-order valence-corrected chi connectivity index (χ4v) is 3.11. The van der Waals surface area contributed by atoms with Crippen LogP contribution >= 0.6 is 0 Å². The minimum absolute atomic E-state index is 0.132. The van der Waals surface area contributed by atoms with Crippen LogP contribution in [0.15, 0.2) is 18.2 Å². The second kappa shape index (κ2) is 4.13. The Kier molecular flexibility index (Phi) is 2.78. The first-order chi connectivity index (χ1) is 8.93. The van der Waals surface area contributed by atoms with Gasteiger partial charge in [-0.2, -0.15) is 13.2 Å². The normalized spacial score (nSPS) is 26.8. The van der Waals surface area contributed by atoms with Crippen molar-refractivity contribution in [3.8, 4) is 0 Å². The van der Waals surface area contributed by atoms with E-state index < -0.39 is 11.6 Å². The van der Waals surface area contributed by atoms with Crippen LogP contribution in [0.1, 0.15) is 24.5 Å². The van der Waals surface area contributed by atoms with Gasteiger partial charge in [0, 0.05) is 31.9 Å². The van der Waals surface area contributed by atoms with Gasteiger partial charge in [0.2, 0.25) is 0 Å². The van der Waals surface area contributed by atoms with Crippen molar-refractivity contribution in [1.29, 1.82) is 0 Å². The Morgan fingerprint density at radius 2 is 2.05 bits per heavy atom. The van der Waals surface area contributed by atoms with Crippen molar-refractivity contribution in [2.45, 2.75) is 31.5 Å². The highest BCUT2D eigenvalue weighted by Gasteiger charge is 2.55. The Hall–Kier alpha value is -1.23. The molecule has 5 heteroatoms. The van der Waals surface area contributed by atoms with Gasteiger partial charge in [0.25, 0.3) is 0 Å². The molecular weight excluding hydrogens is 253 g/mol. The summed E-state index contributed by atoms with van der Waals surface area (Å²) < 4.78 is 40.4.